The third-order valence-corrected chi connectivity index (χ3v) is 4.59. The van der Waals surface area contributed by atoms with E-state index in [-0.39, 0.29) is 5.82 Å². The monoisotopic (exact) mass is 356 g/mol. The maximum Gasteiger partial charge on any atom is 0.198 e. The Balaban J connectivity index is 1.83. The number of benzene rings is 2. The fraction of sp³-hybridized carbons (Fsp3) is 0.0500. The van der Waals surface area contributed by atoms with Gasteiger partial charge >= 0.3 is 0 Å². The number of hydrogen-bond donors (Lipinski definition) is 0. The zero-order chi connectivity index (χ0) is 18.4. The van der Waals surface area contributed by atoms with E-state index in [1.807, 2.05) is 25.1 Å². The van der Waals surface area contributed by atoms with Gasteiger partial charge in [-0.2, -0.15) is 4.52 Å². The molecule has 0 N–H and O–H groups in total. The minimum Gasteiger partial charge on any atom is -0.256 e. The fourth-order valence-electron chi connectivity index (χ4n) is 3.23. The van der Waals surface area contributed by atoms with Crippen LogP contribution < -0.4 is 0 Å². The maximum atomic E-state index is 13.4. The molecule has 0 spiro atoms. The zero-order valence-corrected chi connectivity index (χ0v) is 14.3. The van der Waals surface area contributed by atoms with Crippen molar-refractivity contribution in [2.24, 2.45) is 0 Å². The van der Waals surface area contributed by atoms with E-state index in [1.165, 1.54) is 12.1 Å². The molecule has 2 aromatic carbocycles. The molecular weight excluding hydrogens is 343 g/mol. The summed E-state index contributed by atoms with van der Waals surface area (Å²) in [6, 6.07) is 14.2. The van der Waals surface area contributed by atoms with Crippen molar-refractivity contribution in [2.45, 2.75) is 6.92 Å². The lowest BCUT2D eigenvalue weighted by Gasteiger charge is -2.11. The van der Waals surface area contributed by atoms with Crippen LogP contribution in [0.3, 0.4) is 0 Å². The number of nitrogens with zero attached hydrogens (tertiary/aromatic N) is 6. The van der Waals surface area contributed by atoms with Crippen LogP contribution in [0.5, 0.6) is 0 Å². The molecule has 7 heteroatoms. The first-order chi connectivity index (χ1) is 13.2. The summed E-state index contributed by atoms with van der Waals surface area (Å²) in [5.41, 5.74) is 5.69. The first-order valence-electron chi connectivity index (χ1n) is 8.39. The molecule has 0 amide bonds. The lowest BCUT2D eigenvalue weighted by molar-refractivity contribution is 0.628. The van der Waals surface area contributed by atoms with Crippen molar-refractivity contribution in [1.29, 1.82) is 0 Å². The van der Waals surface area contributed by atoms with Crippen LogP contribution in [-0.2, 0) is 0 Å². The predicted octanol–water partition coefficient (Wildman–Crippen LogP) is 3.85. The quantitative estimate of drug-likeness (QED) is 0.480. The third-order valence-electron chi connectivity index (χ3n) is 4.59. The molecule has 0 aliphatic carbocycles. The summed E-state index contributed by atoms with van der Waals surface area (Å²) in [4.78, 5) is 8.97. The van der Waals surface area contributed by atoms with Crippen molar-refractivity contribution < 1.29 is 4.39 Å². The Kier molecular flexibility index (Phi) is 3.39. The van der Waals surface area contributed by atoms with Crippen LogP contribution in [0, 0.1) is 12.7 Å². The van der Waals surface area contributed by atoms with E-state index >= 15 is 0 Å². The molecule has 3 aromatic heterocycles. The molecule has 0 radical (unpaired) electrons. The minimum absolute atomic E-state index is 0.295. The Morgan fingerprint density at radius 3 is 2.59 bits per heavy atom. The van der Waals surface area contributed by atoms with E-state index in [0.29, 0.717) is 11.3 Å². The molecule has 0 aliphatic heterocycles. The van der Waals surface area contributed by atoms with E-state index in [1.54, 1.807) is 29.0 Å². The molecule has 0 unspecified atom stereocenters. The average molecular weight is 356 g/mol. The van der Waals surface area contributed by atoms with Crippen molar-refractivity contribution in [3.05, 3.63) is 72.3 Å². The van der Waals surface area contributed by atoms with Crippen molar-refractivity contribution in [1.82, 2.24) is 30.0 Å². The molecule has 0 bridgehead atoms. The first kappa shape index (κ1) is 15.5. The fourth-order valence-corrected chi connectivity index (χ4v) is 3.23. The second kappa shape index (κ2) is 5.91. The largest absolute Gasteiger partial charge is 0.256 e. The molecule has 0 aliphatic rings. The maximum absolute atomic E-state index is 13.4. The Hall–Kier alpha value is -3.74. The van der Waals surface area contributed by atoms with Gasteiger partial charge in [0.25, 0.3) is 0 Å². The zero-order valence-electron chi connectivity index (χ0n) is 14.3. The van der Waals surface area contributed by atoms with Crippen molar-refractivity contribution >= 4 is 16.6 Å². The van der Waals surface area contributed by atoms with Crippen LogP contribution in [0.25, 0.3) is 39.1 Å². The standard InChI is InChI=1S/C20H13FN6/c1-12-8-9-22-17-7-4-14(10-16(12)17)20-19(13-2-5-15(21)6-3-13)23-11-18-24-25-26-27(18)20/h2-11H,1H3. The van der Waals surface area contributed by atoms with Gasteiger partial charge in [0.1, 0.15) is 11.5 Å². The van der Waals surface area contributed by atoms with Crippen LogP contribution in [0.2, 0.25) is 0 Å². The number of pyridine rings is 1. The van der Waals surface area contributed by atoms with Crippen molar-refractivity contribution in [3.63, 3.8) is 0 Å². The highest BCUT2D eigenvalue weighted by Gasteiger charge is 2.16. The normalized spacial score (nSPS) is 11.3. The van der Waals surface area contributed by atoms with Gasteiger partial charge in [-0.05, 0) is 65.4 Å². The van der Waals surface area contributed by atoms with E-state index in [9.17, 15) is 4.39 Å². The number of fused-ring (bicyclic) bond motifs is 2. The average Bonchev–Trinajstić information content (AvgIpc) is 3.17. The second-order valence-corrected chi connectivity index (χ2v) is 6.27. The van der Waals surface area contributed by atoms with E-state index < -0.39 is 0 Å². The summed E-state index contributed by atoms with van der Waals surface area (Å²) in [6.07, 6.45) is 3.40. The molecule has 6 nitrogen and oxygen atoms in total. The number of aryl methyl sites for hydroxylation is 1. The summed E-state index contributed by atoms with van der Waals surface area (Å²) >= 11 is 0. The molecule has 5 aromatic rings. The summed E-state index contributed by atoms with van der Waals surface area (Å²) in [6.45, 7) is 2.05. The number of aromatic nitrogens is 6. The highest BCUT2D eigenvalue weighted by atomic mass is 19.1. The molecule has 0 atom stereocenters. The summed E-state index contributed by atoms with van der Waals surface area (Å²) in [5.74, 6) is -0.295. The van der Waals surface area contributed by atoms with Crippen molar-refractivity contribution in [3.8, 4) is 22.5 Å². The van der Waals surface area contributed by atoms with Gasteiger partial charge < -0.3 is 0 Å². The summed E-state index contributed by atoms with van der Waals surface area (Å²) in [7, 11) is 0. The van der Waals surface area contributed by atoms with Crippen LogP contribution >= 0.6 is 0 Å². The van der Waals surface area contributed by atoms with Gasteiger partial charge in [-0.1, -0.05) is 6.07 Å². The first-order valence-corrected chi connectivity index (χ1v) is 8.39. The molecule has 5 rings (SSSR count). The van der Waals surface area contributed by atoms with Gasteiger partial charge in [0.05, 0.1) is 17.4 Å². The van der Waals surface area contributed by atoms with Crippen LogP contribution in [-0.4, -0.2) is 30.0 Å². The number of rotatable bonds is 2. The van der Waals surface area contributed by atoms with Gasteiger partial charge in [-0.25, -0.2) is 9.37 Å². The summed E-state index contributed by atoms with van der Waals surface area (Å²) in [5, 5.41) is 12.9. The van der Waals surface area contributed by atoms with Crippen LogP contribution in [0.1, 0.15) is 5.56 Å². The van der Waals surface area contributed by atoms with Gasteiger partial charge in [0, 0.05) is 22.7 Å². The Morgan fingerprint density at radius 1 is 0.926 bits per heavy atom. The van der Waals surface area contributed by atoms with Crippen LogP contribution in [0.15, 0.2) is 60.9 Å². The topological polar surface area (TPSA) is 68.9 Å². The molecule has 0 fully saturated rings. The van der Waals surface area contributed by atoms with Gasteiger partial charge in [0.2, 0.25) is 0 Å². The van der Waals surface area contributed by atoms with Gasteiger partial charge in [-0.3, -0.25) is 4.98 Å². The lowest BCUT2D eigenvalue weighted by atomic mass is 10.0. The van der Waals surface area contributed by atoms with E-state index in [0.717, 1.165) is 33.3 Å². The predicted molar refractivity (Wildman–Crippen MR) is 99.4 cm³/mol. The Labute approximate surface area is 153 Å². The number of halogens is 1. The second-order valence-electron chi connectivity index (χ2n) is 6.27. The minimum atomic E-state index is -0.295. The van der Waals surface area contributed by atoms with Gasteiger partial charge in [0.15, 0.2) is 5.65 Å². The lowest BCUT2D eigenvalue weighted by Crippen LogP contribution is -2.01. The Bertz CT molecular complexity index is 1290. The summed E-state index contributed by atoms with van der Waals surface area (Å²) < 4.78 is 15.0. The van der Waals surface area contributed by atoms with Gasteiger partial charge in [-0.15, -0.1) is 5.10 Å². The number of tetrazole rings is 1. The highest BCUT2D eigenvalue weighted by molar-refractivity contribution is 5.89. The molecule has 27 heavy (non-hydrogen) atoms. The molecular formula is C20H13FN6. The SMILES string of the molecule is Cc1ccnc2ccc(-c3c(-c4ccc(F)cc4)ncc4nnnn34)cc12. The third kappa shape index (κ3) is 2.52. The van der Waals surface area contributed by atoms with E-state index in [4.69, 9.17) is 0 Å². The molecule has 0 saturated carbocycles. The molecule has 0 saturated heterocycles. The van der Waals surface area contributed by atoms with Crippen LogP contribution in [0.4, 0.5) is 4.39 Å². The van der Waals surface area contributed by atoms with E-state index in [2.05, 4.69) is 31.6 Å². The molecule has 130 valence electrons. The highest BCUT2D eigenvalue weighted by Crippen LogP contribution is 2.32. The Morgan fingerprint density at radius 2 is 1.74 bits per heavy atom. The van der Waals surface area contributed by atoms with Crippen molar-refractivity contribution in [2.75, 3.05) is 0 Å². The smallest absolute Gasteiger partial charge is 0.198 e. The number of hydrogen-bond acceptors (Lipinski definition) is 5. The molecule has 3 heterocycles.